The maximum atomic E-state index is 12.8. The molecule has 0 bridgehead atoms. The number of nitrogens with zero attached hydrogens (tertiary/aromatic N) is 1. The smallest absolute Gasteiger partial charge is 0.359 e. The van der Waals surface area contributed by atoms with Gasteiger partial charge in [0.25, 0.3) is 5.56 Å². The molecule has 0 unspecified atom stereocenters. The first-order valence-corrected chi connectivity index (χ1v) is 7.18. The minimum absolute atomic E-state index is 0.00859. The Morgan fingerprint density at radius 2 is 1.75 bits per heavy atom. The van der Waals surface area contributed by atoms with Crippen LogP contribution in [0.1, 0.15) is 10.5 Å². The molecule has 0 saturated heterocycles. The van der Waals surface area contributed by atoms with E-state index in [0.717, 1.165) is 0 Å². The number of aromatic amines is 1. The van der Waals surface area contributed by atoms with Gasteiger partial charge in [-0.25, -0.2) is 14.3 Å². The Kier molecular flexibility index (Phi) is 4.51. The number of aromatic nitrogens is 2. The number of ether oxygens (including phenoxy) is 2. The predicted octanol–water partition coefficient (Wildman–Crippen LogP) is 2.30. The molecule has 0 atom stereocenters. The van der Waals surface area contributed by atoms with Gasteiger partial charge in [0.1, 0.15) is 24.8 Å². The van der Waals surface area contributed by atoms with Crippen LogP contribution in [0.4, 0.5) is 4.39 Å². The van der Waals surface area contributed by atoms with E-state index in [2.05, 4.69) is 10.2 Å². The highest BCUT2D eigenvalue weighted by atomic mass is 19.1. The maximum Gasteiger partial charge on any atom is 0.359 e. The average Bonchev–Trinajstić information content (AvgIpc) is 2.60. The summed E-state index contributed by atoms with van der Waals surface area (Å²) in [6.45, 7) is 0.101. The molecular weight excluding hydrogens is 315 g/mol. The summed E-state index contributed by atoms with van der Waals surface area (Å²) in [4.78, 5) is 23.8. The van der Waals surface area contributed by atoms with Gasteiger partial charge >= 0.3 is 5.97 Å². The number of halogens is 1. The van der Waals surface area contributed by atoms with E-state index >= 15 is 0 Å². The molecule has 6 nitrogen and oxygen atoms in total. The minimum Gasteiger partial charge on any atom is -0.490 e. The van der Waals surface area contributed by atoms with Gasteiger partial charge in [-0.05, 0) is 30.3 Å². The van der Waals surface area contributed by atoms with Crippen molar-refractivity contribution in [3.05, 3.63) is 70.4 Å². The van der Waals surface area contributed by atoms with Crippen LogP contribution in [0.25, 0.3) is 10.8 Å². The van der Waals surface area contributed by atoms with E-state index in [9.17, 15) is 14.0 Å². The van der Waals surface area contributed by atoms with Gasteiger partial charge < -0.3 is 9.47 Å². The Labute approximate surface area is 135 Å². The molecule has 0 saturated carbocycles. The Hall–Kier alpha value is -3.22. The van der Waals surface area contributed by atoms with Crippen molar-refractivity contribution >= 4 is 16.7 Å². The highest BCUT2D eigenvalue weighted by Gasteiger charge is 2.15. The second kappa shape index (κ2) is 6.91. The second-order valence-electron chi connectivity index (χ2n) is 4.89. The normalized spacial score (nSPS) is 10.5. The van der Waals surface area contributed by atoms with Gasteiger partial charge in [-0.2, -0.15) is 5.10 Å². The average molecular weight is 328 g/mol. The van der Waals surface area contributed by atoms with Gasteiger partial charge in [-0.15, -0.1) is 0 Å². The van der Waals surface area contributed by atoms with Gasteiger partial charge in [-0.3, -0.25) is 4.79 Å². The first kappa shape index (κ1) is 15.7. The quantitative estimate of drug-likeness (QED) is 0.574. The molecule has 1 heterocycles. The summed E-state index contributed by atoms with van der Waals surface area (Å²) in [5.41, 5.74) is -0.339. The monoisotopic (exact) mass is 328 g/mol. The lowest BCUT2D eigenvalue weighted by molar-refractivity contribution is 0.0445. The van der Waals surface area contributed by atoms with Crippen molar-refractivity contribution in [3.8, 4) is 5.75 Å². The summed E-state index contributed by atoms with van der Waals surface area (Å²) < 4.78 is 23.2. The lowest BCUT2D eigenvalue weighted by Crippen LogP contribution is -2.18. The molecule has 1 aromatic heterocycles. The third-order valence-electron chi connectivity index (χ3n) is 3.29. The number of esters is 1. The van der Waals surface area contributed by atoms with Gasteiger partial charge in [0.05, 0.1) is 5.39 Å². The number of carbonyl (C=O) groups is 1. The number of benzene rings is 2. The molecule has 24 heavy (non-hydrogen) atoms. The summed E-state index contributed by atoms with van der Waals surface area (Å²) in [6, 6.07) is 12.1. The summed E-state index contributed by atoms with van der Waals surface area (Å²) in [5.74, 6) is -0.546. The Balaban J connectivity index is 1.62. The number of fused-ring (bicyclic) bond motifs is 1. The van der Waals surface area contributed by atoms with Gasteiger partial charge in [0.15, 0.2) is 5.69 Å². The third-order valence-corrected chi connectivity index (χ3v) is 3.29. The fourth-order valence-electron chi connectivity index (χ4n) is 2.16. The molecule has 3 rings (SSSR count). The van der Waals surface area contributed by atoms with Crippen LogP contribution in [0.15, 0.2) is 53.3 Å². The van der Waals surface area contributed by atoms with Crippen molar-refractivity contribution in [2.24, 2.45) is 0 Å². The molecule has 2 aromatic carbocycles. The maximum absolute atomic E-state index is 12.8. The number of rotatable bonds is 5. The molecule has 0 aliphatic rings. The van der Waals surface area contributed by atoms with E-state index < -0.39 is 5.97 Å². The third kappa shape index (κ3) is 3.40. The minimum atomic E-state index is -0.662. The zero-order valence-corrected chi connectivity index (χ0v) is 12.5. The zero-order valence-electron chi connectivity index (χ0n) is 12.5. The predicted molar refractivity (Wildman–Crippen MR) is 84.5 cm³/mol. The summed E-state index contributed by atoms with van der Waals surface area (Å²) >= 11 is 0. The molecule has 1 N–H and O–H groups in total. The summed E-state index contributed by atoms with van der Waals surface area (Å²) in [7, 11) is 0. The second-order valence-corrected chi connectivity index (χ2v) is 4.89. The van der Waals surface area contributed by atoms with Crippen LogP contribution in [0.2, 0.25) is 0 Å². The molecule has 3 aromatic rings. The molecule has 0 amide bonds. The number of carbonyl (C=O) groups excluding carboxylic acids is 1. The molecule has 122 valence electrons. The van der Waals surface area contributed by atoms with Crippen LogP contribution in [0.3, 0.4) is 0 Å². The molecule has 0 fully saturated rings. The number of hydrogen-bond acceptors (Lipinski definition) is 5. The van der Waals surface area contributed by atoms with Gasteiger partial charge in [0, 0.05) is 5.39 Å². The van der Waals surface area contributed by atoms with Crippen molar-refractivity contribution in [1.82, 2.24) is 10.2 Å². The number of H-pyrrole nitrogens is 1. The highest BCUT2D eigenvalue weighted by Crippen LogP contribution is 2.14. The molecule has 0 aliphatic heterocycles. The molecule has 7 heteroatoms. The number of nitrogens with one attached hydrogen (secondary N) is 1. The molecule has 0 aliphatic carbocycles. The summed E-state index contributed by atoms with van der Waals surface area (Å²) in [6.07, 6.45) is 0. The topological polar surface area (TPSA) is 81.3 Å². The highest BCUT2D eigenvalue weighted by molar-refractivity contribution is 6.01. The van der Waals surface area contributed by atoms with Crippen LogP contribution < -0.4 is 10.3 Å². The van der Waals surface area contributed by atoms with Crippen LogP contribution in [-0.4, -0.2) is 29.4 Å². The first-order chi connectivity index (χ1) is 11.6. The largest absolute Gasteiger partial charge is 0.490 e. The van der Waals surface area contributed by atoms with E-state index in [4.69, 9.17) is 9.47 Å². The molecule has 0 spiro atoms. The van der Waals surface area contributed by atoms with Crippen LogP contribution in [0.5, 0.6) is 5.75 Å². The van der Waals surface area contributed by atoms with E-state index in [-0.39, 0.29) is 30.3 Å². The van der Waals surface area contributed by atoms with Crippen molar-refractivity contribution in [2.45, 2.75) is 0 Å². The lowest BCUT2D eigenvalue weighted by atomic mass is 10.1. The van der Waals surface area contributed by atoms with Crippen LogP contribution >= 0.6 is 0 Å². The standard InChI is InChI=1S/C17H13FN2O4/c18-11-5-7-12(8-6-11)23-9-10-24-17(22)15-13-3-1-2-4-14(13)16(21)20-19-15/h1-8H,9-10H2,(H,20,21). The van der Waals surface area contributed by atoms with Crippen molar-refractivity contribution in [3.63, 3.8) is 0 Å². The fraction of sp³-hybridized carbons (Fsp3) is 0.118. The van der Waals surface area contributed by atoms with Crippen molar-refractivity contribution in [2.75, 3.05) is 13.2 Å². The van der Waals surface area contributed by atoms with E-state index in [1.807, 2.05) is 0 Å². The van der Waals surface area contributed by atoms with E-state index in [0.29, 0.717) is 16.5 Å². The fourth-order valence-corrected chi connectivity index (χ4v) is 2.16. The van der Waals surface area contributed by atoms with Gasteiger partial charge in [-0.1, -0.05) is 18.2 Å². The Bertz CT molecular complexity index is 922. The van der Waals surface area contributed by atoms with Crippen molar-refractivity contribution in [1.29, 1.82) is 0 Å². The lowest BCUT2D eigenvalue weighted by Gasteiger charge is -2.08. The zero-order chi connectivity index (χ0) is 16.9. The van der Waals surface area contributed by atoms with Crippen molar-refractivity contribution < 1.29 is 18.7 Å². The number of hydrogen-bond donors (Lipinski definition) is 1. The van der Waals surface area contributed by atoms with Crippen LogP contribution in [0, 0.1) is 5.82 Å². The molecule has 0 radical (unpaired) electrons. The van der Waals surface area contributed by atoms with Gasteiger partial charge in [0.2, 0.25) is 0 Å². The van der Waals surface area contributed by atoms with E-state index in [1.54, 1.807) is 24.3 Å². The Morgan fingerprint density at radius 1 is 1.04 bits per heavy atom. The summed E-state index contributed by atoms with van der Waals surface area (Å²) in [5, 5.41) is 6.82. The first-order valence-electron chi connectivity index (χ1n) is 7.18. The molecular formula is C17H13FN2O4. The SMILES string of the molecule is O=C(OCCOc1ccc(F)cc1)c1n[nH]c(=O)c2ccccc12. The van der Waals surface area contributed by atoms with E-state index in [1.165, 1.54) is 24.3 Å². The van der Waals surface area contributed by atoms with Crippen LogP contribution in [-0.2, 0) is 4.74 Å². The Morgan fingerprint density at radius 3 is 2.50 bits per heavy atom.